The Kier molecular flexibility index (Phi) is 7.80. The Morgan fingerprint density at radius 3 is 2.52 bits per heavy atom. The number of nitrogens with zero attached hydrogens (tertiary/aromatic N) is 4. The Bertz CT molecular complexity index is 1320. The fourth-order valence-corrected chi connectivity index (χ4v) is 3.55. The van der Waals surface area contributed by atoms with Crippen molar-refractivity contribution in [3.8, 4) is 5.69 Å². The predicted molar refractivity (Wildman–Crippen MR) is 126 cm³/mol. The summed E-state index contributed by atoms with van der Waals surface area (Å²) in [6, 6.07) is 11.6. The molecule has 0 aliphatic carbocycles. The van der Waals surface area contributed by atoms with Crippen LogP contribution >= 0.6 is 23.2 Å². The van der Waals surface area contributed by atoms with Crippen molar-refractivity contribution in [3.05, 3.63) is 90.2 Å². The number of hydrogen-bond donors (Lipinski definition) is 1. The molecule has 9 nitrogen and oxygen atoms in total. The third kappa shape index (κ3) is 5.57. The van der Waals surface area contributed by atoms with E-state index in [-0.39, 0.29) is 34.9 Å². The van der Waals surface area contributed by atoms with E-state index in [2.05, 4.69) is 10.4 Å². The highest BCUT2D eigenvalue weighted by atomic mass is 35.5. The van der Waals surface area contributed by atoms with Crippen molar-refractivity contribution in [2.75, 3.05) is 20.6 Å². The molecule has 1 N–H and O–H groups in total. The van der Waals surface area contributed by atoms with Gasteiger partial charge in [-0.05, 0) is 50.3 Å². The maximum atomic E-state index is 12.7. The van der Waals surface area contributed by atoms with Crippen LogP contribution in [0.15, 0.2) is 52.1 Å². The second kappa shape index (κ2) is 10.6. The molecule has 2 aromatic carbocycles. The van der Waals surface area contributed by atoms with Gasteiger partial charge in [-0.25, -0.2) is 4.79 Å². The van der Waals surface area contributed by atoms with Gasteiger partial charge in [0.15, 0.2) is 0 Å². The van der Waals surface area contributed by atoms with Crippen molar-refractivity contribution in [2.45, 2.75) is 13.0 Å². The molecule has 1 heterocycles. The van der Waals surface area contributed by atoms with Crippen molar-refractivity contribution in [1.29, 1.82) is 0 Å². The van der Waals surface area contributed by atoms with Gasteiger partial charge in [0.05, 0.1) is 16.3 Å². The van der Waals surface area contributed by atoms with Gasteiger partial charge in [-0.2, -0.15) is 14.3 Å². The molecule has 3 rings (SSSR count). The van der Waals surface area contributed by atoms with Crippen LogP contribution < -0.4 is 16.6 Å². The van der Waals surface area contributed by atoms with Gasteiger partial charge in [0.2, 0.25) is 6.41 Å². The third-order valence-electron chi connectivity index (χ3n) is 4.72. The first-order chi connectivity index (χ1) is 15.7. The molecule has 0 radical (unpaired) electrons. The molecule has 1 amide bonds. The predicted octanol–water partition coefficient (Wildman–Crippen LogP) is 1.77. The molecule has 0 fully saturated rings. The largest absolute Gasteiger partial charge is 0.358 e. The van der Waals surface area contributed by atoms with E-state index >= 15 is 0 Å². The summed E-state index contributed by atoms with van der Waals surface area (Å²) < 4.78 is 1.33. The van der Waals surface area contributed by atoms with E-state index in [0.717, 1.165) is 10.2 Å². The number of rotatable bonds is 8. The fraction of sp³-hybridized carbons (Fsp3) is 0.227. The monoisotopic (exact) mass is 489 g/mol. The molecule has 33 heavy (non-hydrogen) atoms. The van der Waals surface area contributed by atoms with Gasteiger partial charge >= 0.3 is 5.69 Å². The lowest BCUT2D eigenvalue weighted by Gasteiger charge is -2.13. The number of hydrogen-bond acceptors (Lipinski definition) is 6. The van der Waals surface area contributed by atoms with Crippen LogP contribution in [0.4, 0.5) is 0 Å². The highest BCUT2D eigenvalue weighted by molar-refractivity contribution is 6.34. The second-order valence-electron chi connectivity index (χ2n) is 7.42. The zero-order chi connectivity index (χ0) is 24.1. The second-order valence-corrected chi connectivity index (χ2v) is 8.24. The Hall–Kier alpha value is -3.27. The molecule has 11 heteroatoms. The van der Waals surface area contributed by atoms with Crippen LogP contribution in [0, 0.1) is 0 Å². The van der Waals surface area contributed by atoms with Crippen LogP contribution in [0.1, 0.15) is 21.6 Å². The average molecular weight is 490 g/mol. The molecule has 0 saturated carbocycles. The lowest BCUT2D eigenvalue weighted by Crippen LogP contribution is -2.43. The lowest BCUT2D eigenvalue weighted by atomic mass is 10.1. The van der Waals surface area contributed by atoms with E-state index in [1.54, 1.807) is 25.1 Å². The van der Waals surface area contributed by atoms with E-state index in [1.807, 2.05) is 18.2 Å². The van der Waals surface area contributed by atoms with Crippen molar-refractivity contribution >= 4 is 35.5 Å². The first-order valence-electron chi connectivity index (χ1n) is 9.89. The van der Waals surface area contributed by atoms with Gasteiger partial charge in [-0.15, -0.1) is 0 Å². The Morgan fingerprint density at radius 2 is 1.85 bits per heavy atom. The van der Waals surface area contributed by atoms with Gasteiger partial charge in [0.1, 0.15) is 5.69 Å². The number of carbonyl (C=O) groups is 2. The molecule has 0 saturated heterocycles. The summed E-state index contributed by atoms with van der Waals surface area (Å²) in [5.41, 5.74) is -0.584. The minimum Gasteiger partial charge on any atom is -0.352 e. The van der Waals surface area contributed by atoms with Gasteiger partial charge in [-0.3, -0.25) is 14.4 Å². The summed E-state index contributed by atoms with van der Waals surface area (Å²) in [5.74, 6) is -0.459. The molecule has 0 aliphatic heterocycles. The molecule has 0 bridgehead atoms. The number of carbonyl (C=O) groups excluding carboxylic acids is 2. The number of amides is 1. The maximum Gasteiger partial charge on any atom is 0.358 e. The van der Waals surface area contributed by atoms with E-state index in [9.17, 15) is 19.2 Å². The van der Waals surface area contributed by atoms with Crippen molar-refractivity contribution in [1.82, 2.24) is 24.6 Å². The van der Waals surface area contributed by atoms with E-state index in [0.29, 0.717) is 22.6 Å². The zero-order valence-electron chi connectivity index (χ0n) is 17.9. The standard InChI is InChI=1S/C22H21Cl2N5O4/c1-27(2)12-19-21(32)28(13-30)22(33)29(26-19)15-7-8-18(24)16(11-15)20(31)25-10-9-14-5-3-4-6-17(14)23/h3-8,11,13H,9-10,12H2,1-2H3,(H,25,31). The third-order valence-corrected chi connectivity index (χ3v) is 5.42. The first kappa shape index (κ1) is 24.4. The van der Waals surface area contributed by atoms with Crippen LogP contribution in [0.5, 0.6) is 0 Å². The SMILES string of the molecule is CN(C)Cc1nn(-c2ccc(Cl)c(C(=O)NCCc3ccccc3Cl)c2)c(=O)n(C=O)c1=O. The molecule has 3 aromatic rings. The summed E-state index contributed by atoms with van der Waals surface area (Å²) in [4.78, 5) is 50.8. The van der Waals surface area contributed by atoms with E-state index in [1.165, 1.54) is 18.2 Å². The highest BCUT2D eigenvalue weighted by Gasteiger charge is 2.17. The van der Waals surface area contributed by atoms with Crippen LogP contribution in [0.2, 0.25) is 10.0 Å². The minimum absolute atomic E-state index is 0.00705. The zero-order valence-corrected chi connectivity index (χ0v) is 19.4. The maximum absolute atomic E-state index is 12.7. The topological polar surface area (TPSA) is 106 Å². The van der Waals surface area contributed by atoms with Gasteiger partial charge in [-0.1, -0.05) is 41.4 Å². The molecule has 1 aromatic heterocycles. The molecule has 0 aliphatic rings. The highest BCUT2D eigenvalue weighted by Crippen LogP contribution is 2.19. The summed E-state index contributed by atoms with van der Waals surface area (Å²) in [7, 11) is 3.43. The summed E-state index contributed by atoms with van der Waals surface area (Å²) in [6.07, 6.45) is 0.655. The summed E-state index contributed by atoms with van der Waals surface area (Å²) in [6.45, 7) is 0.417. The van der Waals surface area contributed by atoms with Crippen molar-refractivity contribution < 1.29 is 9.59 Å². The first-order valence-corrected chi connectivity index (χ1v) is 10.6. The van der Waals surface area contributed by atoms with Crippen LogP contribution in [-0.2, 0) is 17.8 Å². The van der Waals surface area contributed by atoms with Crippen molar-refractivity contribution in [2.24, 2.45) is 0 Å². The van der Waals surface area contributed by atoms with Gasteiger partial charge in [0.25, 0.3) is 11.5 Å². The summed E-state index contributed by atoms with van der Waals surface area (Å²) >= 11 is 12.4. The van der Waals surface area contributed by atoms with E-state index in [4.69, 9.17) is 23.2 Å². The molecule has 0 unspecified atom stereocenters. The van der Waals surface area contributed by atoms with Gasteiger partial charge < -0.3 is 10.2 Å². The Morgan fingerprint density at radius 1 is 1.12 bits per heavy atom. The lowest BCUT2D eigenvalue weighted by molar-refractivity contribution is 0.0954. The van der Waals surface area contributed by atoms with Crippen molar-refractivity contribution in [3.63, 3.8) is 0 Å². The average Bonchev–Trinajstić information content (AvgIpc) is 2.77. The smallest absolute Gasteiger partial charge is 0.352 e. The number of aromatic nitrogens is 3. The molecular formula is C22H21Cl2N5O4. The quantitative estimate of drug-likeness (QED) is 0.483. The minimum atomic E-state index is -0.954. The molecule has 0 spiro atoms. The Balaban J connectivity index is 1.92. The van der Waals surface area contributed by atoms with E-state index < -0.39 is 17.2 Å². The number of benzene rings is 2. The fourth-order valence-electron chi connectivity index (χ4n) is 3.12. The van der Waals surface area contributed by atoms with Gasteiger partial charge in [0, 0.05) is 18.1 Å². The van der Waals surface area contributed by atoms with Crippen LogP contribution in [0.25, 0.3) is 5.69 Å². The normalized spacial score (nSPS) is 10.9. The van der Waals surface area contributed by atoms with Crippen LogP contribution in [0.3, 0.4) is 0 Å². The number of nitrogens with one attached hydrogen (secondary N) is 1. The van der Waals surface area contributed by atoms with Crippen LogP contribution in [-0.4, -0.2) is 52.2 Å². The Labute approximate surface area is 199 Å². The molecular weight excluding hydrogens is 469 g/mol. The molecule has 172 valence electrons. The molecule has 0 atom stereocenters. The summed E-state index contributed by atoms with van der Waals surface area (Å²) in [5, 5.41) is 7.66. The number of halogens is 2.